The molecular weight excluding hydrogens is 268 g/mol. The fourth-order valence-corrected chi connectivity index (χ4v) is 2.93. The SMILES string of the molecule is CCC(CC)n1ccc(CS(=O)(=O)C(C)C(=O)O)n1. The van der Waals surface area contributed by atoms with Crippen molar-refractivity contribution in [3.05, 3.63) is 18.0 Å². The minimum absolute atomic E-state index is 0.244. The number of hydrogen-bond acceptors (Lipinski definition) is 4. The van der Waals surface area contributed by atoms with Crippen molar-refractivity contribution in [3.63, 3.8) is 0 Å². The molecule has 0 saturated carbocycles. The van der Waals surface area contributed by atoms with Crippen molar-refractivity contribution < 1.29 is 18.3 Å². The maximum Gasteiger partial charge on any atom is 0.321 e. The molecule has 1 heterocycles. The van der Waals surface area contributed by atoms with E-state index in [-0.39, 0.29) is 11.8 Å². The Bertz CT molecular complexity index is 532. The first-order valence-corrected chi connectivity index (χ1v) is 8.01. The molecule has 1 aromatic rings. The van der Waals surface area contributed by atoms with E-state index in [1.807, 2.05) is 13.8 Å². The molecular formula is C12H20N2O4S. The van der Waals surface area contributed by atoms with Gasteiger partial charge < -0.3 is 5.11 Å². The van der Waals surface area contributed by atoms with Crippen LogP contribution < -0.4 is 0 Å². The minimum atomic E-state index is -3.71. The van der Waals surface area contributed by atoms with Crippen LogP contribution >= 0.6 is 0 Å². The highest BCUT2D eigenvalue weighted by molar-refractivity contribution is 7.91. The molecule has 6 nitrogen and oxygen atoms in total. The first-order chi connectivity index (χ1) is 8.81. The Morgan fingerprint density at radius 3 is 2.47 bits per heavy atom. The molecule has 0 fully saturated rings. The maximum atomic E-state index is 11.8. The molecule has 0 radical (unpaired) electrons. The van der Waals surface area contributed by atoms with Crippen LogP contribution in [0.3, 0.4) is 0 Å². The average Bonchev–Trinajstić information content (AvgIpc) is 2.77. The first-order valence-electron chi connectivity index (χ1n) is 6.30. The van der Waals surface area contributed by atoms with Crippen molar-refractivity contribution in [2.24, 2.45) is 0 Å². The lowest BCUT2D eigenvalue weighted by Crippen LogP contribution is -2.28. The Morgan fingerprint density at radius 2 is 2.00 bits per heavy atom. The number of hydrogen-bond donors (Lipinski definition) is 1. The van der Waals surface area contributed by atoms with Crippen LogP contribution in [0.2, 0.25) is 0 Å². The maximum absolute atomic E-state index is 11.8. The molecule has 1 atom stereocenters. The molecule has 0 aliphatic rings. The molecule has 1 unspecified atom stereocenters. The van der Waals surface area contributed by atoms with Gasteiger partial charge in [-0.3, -0.25) is 9.48 Å². The second-order valence-corrected chi connectivity index (χ2v) is 6.87. The Labute approximate surface area is 113 Å². The number of carboxylic acid groups (broad SMARTS) is 1. The minimum Gasteiger partial charge on any atom is -0.480 e. The van der Waals surface area contributed by atoms with Crippen LogP contribution in [-0.2, 0) is 20.4 Å². The number of sulfone groups is 1. The fraction of sp³-hybridized carbons (Fsp3) is 0.667. The summed E-state index contributed by atoms with van der Waals surface area (Å²) >= 11 is 0. The molecule has 0 aromatic carbocycles. The van der Waals surface area contributed by atoms with Gasteiger partial charge in [-0.05, 0) is 25.8 Å². The van der Waals surface area contributed by atoms with Gasteiger partial charge >= 0.3 is 5.97 Å². The van der Waals surface area contributed by atoms with Crippen LogP contribution in [0.5, 0.6) is 0 Å². The highest BCUT2D eigenvalue weighted by Crippen LogP contribution is 2.16. The van der Waals surface area contributed by atoms with Gasteiger partial charge in [0, 0.05) is 6.20 Å². The van der Waals surface area contributed by atoms with Crippen LogP contribution in [0.4, 0.5) is 0 Å². The van der Waals surface area contributed by atoms with Gasteiger partial charge in [0.1, 0.15) is 0 Å². The van der Waals surface area contributed by atoms with E-state index in [1.54, 1.807) is 16.9 Å². The van der Waals surface area contributed by atoms with Gasteiger partial charge in [-0.15, -0.1) is 0 Å². The number of aliphatic carboxylic acids is 1. The zero-order chi connectivity index (χ0) is 14.6. The Hall–Kier alpha value is -1.37. The van der Waals surface area contributed by atoms with Gasteiger partial charge in [0.15, 0.2) is 15.1 Å². The molecule has 0 aliphatic carbocycles. The molecule has 0 spiro atoms. The van der Waals surface area contributed by atoms with E-state index in [0.29, 0.717) is 5.69 Å². The second-order valence-electron chi connectivity index (χ2n) is 4.55. The van der Waals surface area contributed by atoms with E-state index in [9.17, 15) is 13.2 Å². The molecule has 1 rings (SSSR count). The molecule has 0 amide bonds. The summed E-state index contributed by atoms with van der Waals surface area (Å²) in [6.45, 7) is 5.26. The third-order valence-corrected chi connectivity index (χ3v) is 5.19. The van der Waals surface area contributed by atoms with Crippen LogP contribution in [0, 0.1) is 0 Å². The third-order valence-electron chi connectivity index (χ3n) is 3.22. The van der Waals surface area contributed by atoms with Gasteiger partial charge in [-0.2, -0.15) is 5.10 Å². The standard InChI is InChI=1S/C12H20N2O4S/c1-4-11(5-2)14-7-6-10(13-14)8-19(17,18)9(3)12(15)16/h6-7,9,11H,4-5,8H2,1-3H3,(H,15,16). The smallest absolute Gasteiger partial charge is 0.321 e. The van der Waals surface area contributed by atoms with E-state index in [4.69, 9.17) is 5.11 Å². The molecule has 0 saturated heterocycles. The summed E-state index contributed by atoms with van der Waals surface area (Å²) in [6, 6.07) is 1.87. The first kappa shape index (κ1) is 15.7. The topological polar surface area (TPSA) is 89.3 Å². The monoisotopic (exact) mass is 288 g/mol. The van der Waals surface area contributed by atoms with Crippen molar-refractivity contribution in [2.75, 3.05) is 0 Å². The molecule has 108 valence electrons. The van der Waals surface area contributed by atoms with Crippen LogP contribution in [0.1, 0.15) is 45.3 Å². The number of nitrogens with zero attached hydrogens (tertiary/aromatic N) is 2. The van der Waals surface area contributed by atoms with Gasteiger partial charge in [0.25, 0.3) is 0 Å². The largest absolute Gasteiger partial charge is 0.480 e. The zero-order valence-electron chi connectivity index (χ0n) is 11.4. The van der Waals surface area contributed by atoms with Crippen LogP contribution in [0.25, 0.3) is 0 Å². The van der Waals surface area contributed by atoms with E-state index < -0.39 is 21.1 Å². The van der Waals surface area contributed by atoms with Crippen LogP contribution in [0.15, 0.2) is 12.3 Å². The summed E-state index contributed by atoms with van der Waals surface area (Å²) in [7, 11) is -3.71. The van der Waals surface area contributed by atoms with E-state index in [0.717, 1.165) is 12.8 Å². The molecule has 0 aliphatic heterocycles. The molecule has 1 N–H and O–H groups in total. The Kier molecular flexibility index (Phi) is 5.11. The van der Waals surface area contributed by atoms with Gasteiger partial charge in [-0.25, -0.2) is 8.42 Å². The van der Waals surface area contributed by atoms with Crippen molar-refractivity contribution in [1.29, 1.82) is 0 Å². The number of carbonyl (C=O) groups is 1. The summed E-state index contributed by atoms with van der Waals surface area (Å²) in [5.74, 6) is -1.67. The highest BCUT2D eigenvalue weighted by Gasteiger charge is 2.28. The van der Waals surface area contributed by atoms with Crippen LogP contribution in [-0.4, -0.2) is 34.5 Å². The predicted molar refractivity (Wildman–Crippen MR) is 71.6 cm³/mol. The van der Waals surface area contributed by atoms with E-state index in [1.165, 1.54) is 6.92 Å². The summed E-state index contributed by atoms with van der Waals surface area (Å²) in [6.07, 6.45) is 3.57. The van der Waals surface area contributed by atoms with Gasteiger partial charge in [0.2, 0.25) is 0 Å². The molecule has 1 aromatic heterocycles. The summed E-state index contributed by atoms with van der Waals surface area (Å²) in [5, 5.41) is 11.6. The van der Waals surface area contributed by atoms with Gasteiger partial charge in [0.05, 0.1) is 17.5 Å². The molecule has 19 heavy (non-hydrogen) atoms. The number of rotatable bonds is 7. The van der Waals surface area contributed by atoms with Gasteiger partial charge in [-0.1, -0.05) is 13.8 Å². The van der Waals surface area contributed by atoms with Crippen molar-refractivity contribution in [1.82, 2.24) is 9.78 Å². The Morgan fingerprint density at radius 1 is 1.42 bits per heavy atom. The van der Waals surface area contributed by atoms with E-state index in [2.05, 4.69) is 5.10 Å². The van der Waals surface area contributed by atoms with Crippen molar-refractivity contribution in [2.45, 2.75) is 50.7 Å². The zero-order valence-corrected chi connectivity index (χ0v) is 12.2. The van der Waals surface area contributed by atoms with Crippen molar-refractivity contribution in [3.8, 4) is 0 Å². The summed E-state index contributed by atoms with van der Waals surface area (Å²) < 4.78 is 25.4. The summed E-state index contributed by atoms with van der Waals surface area (Å²) in [4.78, 5) is 10.7. The number of carboxylic acids is 1. The fourth-order valence-electron chi connectivity index (χ4n) is 1.81. The summed E-state index contributed by atoms with van der Waals surface area (Å²) in [5.41, 5.74) is 0.389. The Balaban J connectivity index is 2.87. The predicted octanol–water partition coefficient (Wildman–Crippen LogP) is 1.63. The normalized spacial score (nSPS) is 13.7. The van der Waals surface area contributed by atoms with Crippen molar-refractivity contribution >= 4 is 15.8 Å². The lowest BCUT2D eigenvalue weighted by molar-refractivity contribution is -0.136. The quantitative estimate of drug-likeness (QED) is 0.823. The highest BCUT2D eigenvalue weighted by atomic mass is 32.2. The molecule has 0 bridgehead atoms. The average molecular weight is 288 g/mol. The lowest BCUT2D eigenvalue weighted by Gasteiger charge is -2.12. The second kappa shape index (κ2) is 6.18. The third kappa shape index (κ3) is 3.79. The molecule has 7 heteroatoms. The van der Waals surface area contributed by atoms with E-state index >= 15 is 0 Å². The number of aromatic nitrogens is 2. The lowest BCUT2D eigenvalue weighted by atomic mass is 10.2.